The van der Waals surface area contributed by atoms with Gasteiger partial charge >= 0.3 is 6.09 Å². The summed E-state index contributed by atoms with van der Waals surface area (Å²) in [7, 11) is 0. The minimum absolute atomic E-state index is 0.152. The molecule has 0 unspecified atom stereocenters. The van der Waals surface area contributed by atoms with Gasteiger partial charge in [-0.25, -0.2) is 9.18 Å². The second kappa shape index (κ2) is 11.2. The number of aromatic nitrogens is 1. The third kappa shape index (κ3) is 5.35. The maximum atomic E-state index is 13.2. The van der Waals surface area contributed by atoms with Gasteiger partial charge in [-0.2, -0.15) is 0 Å². The predicted molar refractivity (Wildman–Crippen MR) is 151 cm³/mol. The highest BCUT2D eigenvalue weighted by Crippen LogP contribution is 2.45. The van der Waals surface area contributed by atoms with Crippen molar-refractivity contribution in [3.63, 3.8) is 0 Å². The number of nitrogens with one attached hydrogen (secondary N) is 1. The molecule has 2 aliphatic rings. The van der Waals surface area contributed by atoms with E-state index in [-0.39, 0.29) is 11.9 Å². The van der Waals surface area contributed by atoms with Crippen LogP contribution in [0.5, 0.6) is 5.75 Å². The van der Waals surface area contributed by atoms with E-state index < -0.39 is 12.2 Å². The molecule has 0 spiro atoms. The van der Waals surface area contributed by atoms with Gasteiger partial charge < -0.3 is 29.2 Å². The van der Waals surface area contributed by atoms with E-state index in [2.05, 4.69) is 16.0 Å². The molecule has 2 heterocycles. The maximum Gasteiger partial charge on any atom is 0.412 e. The highest BCUT2D eigenvalue weighted by Gasteiger charge is 2.27. The van der Waals surface area contributed by atoms with Crippen LogP contribution in [0.4, 0.5) is 20.6 Å². The summed E-state index contributed by atoms with van der Waals surface area (Å²) < 4.78 is 37.9. The highest BCUT2D eigenvalue weighted by molar-refractivity contribution is 6.01. The van der Waals surface area contributed by atoms with Gasteiger partial charge in [0.1, 0.15) is 30.6 Å². The van der Waals surface area contributed by atoms with E-state index in [1.54, 1.807) is 19.1 Å². The summed E-state index contributed by atoms with van der Waals surface area (Å²) in [6.45, 7) is 3.03. The first kappa shape index (κ1) is 26.2. The molecule has 0 radical (unpaired) electrons. The van der Waals surface area contributed by atoms with Gasteiger partial charge in [-0.3, -0.25) is 5.32 Å². The van der Waals surface area contributed by atoms with Crippen LogP contribution in [0.25, 0.3) is 22.2 Å². The first-order chi connectivity index (χ1) is 19.5. The first-order valence-corrected chi connectivity index (χ1v) is 13.6. The van der Waals surface area contributed by atoms with Crippen molar-refractivity contribution in [1.82, 2.24) is 4.57 Å². The molecule has 1 aliphatic carbocycles. The van der Waals surface area contributed by atoms with Crippen molar-refractivity contribution in [3.05, 3.63) is 78.1 Å². The fourth-order valence-electron chi connectivity index (χ4n) is 5.26. The Morgan fingerprint density at radius 2 is 1.77 bits per heavy atom. The zero-order valence-electron chi connectivity index (χ0n) is 22.3. The van der Waals surface area contributed by atoms with Gasteiger partial charge in [0.2, 0.25) is 0 Å². The Bertz CT molecular complexity index is 1490. The Labute approximate surface area is 231 Å². The van der Waals surface area contributed by atoms with Crippen LogP contribution in [0.1, 0.15) is 43.9 Å². The van der Waals surface area contributed by atoms with E-state index in [1.807, 2.05) is 36.4 Å². The molecule has 1 saturated heterocycles. The molecule has 2 fully saturated rings. The smallest absolute Gasteiger partial charge is 0.412 e. The Morgan fingerprint density at radius 3 is 2.45 bits per heavy atom. The third-order valence-corrected chi connectivity index (χ3v) is 7.56. The van der Waals surface area contributed by atoms with E-state index in [0.717, 1.165) is 40.8 Å². The molecule has 3 aromatic carbocycles. The van der Waals surface area contributed by atoms with Gasteiger partial charge in [-0.15, -0.1) is 0 Å². The fraction of sp³-hybridized carbons (Fsp3) is 0.323. The van der Waals surface area contributed by atoms with Gasteiger partial charge in [0, 0.05) is 28.7 Å². The number of carbonyl (C=O) groups is 1. The van der Waals surface area contributed by atoms with Crippen LogP contribution in [-0.4, -0.2) is 36.8 Å². The number of rotatable bonds is 7. The molecule has 40 heavy (non-hydrogen) atoms. The van der Waals surface area contributed by atoms with Crippen LogP contribution < -0.4 is 15.8 Å². The summed E-state index contributed by atoms with van der Waals surface area (Å²) in [5.41, 5.74) is 11.7. The van der Waals surface area contributed by atoms with E-state index in [9.17, 15) is 9.18 Å². The lowest BCUT2D eigenvalue weighted by Crippen LogP contribution is -2.33. The third-order valence-electron chi connectivity index (χ3n) is 7.56. The summed E-state index contributed by atoms with van der Waals surface area (Å²) >= 11 is 0. The van der Waals surface area contributed by atoms with Crippen LogP contribution in [0.15, 0.2) is 66.7 Å². The number of benzene rings is 3. The number of carbonyl (C=O) groups excluding carboxylic acids is 1. The minimum Gasteiger partial charge on any atom is -0.486 e. The zero-order valence-corrected chi connectivity index (χ0v) is 22.3. The van der Waals surface area contributed by atoms with Crippen molar-refractivity contribution in [2.24, 2.45) is 0 Å². The molecule has 1 atom stereocenters. The number of ether oxygens (including phenoxy) is 4. The molecular weight excluding hydrogens is 513 g/mol. The van der Waals surface area contributed by atoms with Gasteiger partial charge in [-0.1, -0.05) is 24.3 Å². The topological polar surface area (TPSA) is 97.0 Å². The lowest BCUT2D eigenvalue weighted by atomic mass is 9.92. The summed E-state index contributed by atoms with van der Waals surface area (Å²) in [5, 5.41) is 3.75. The number of halogens is 1. The lowest BCUT2D eigenvalue weighted by Gasteiger charge is -2.30. The molecule has 1 amide bonds. The number of hydrogen-bond donors (Lipinski definition) is 2. The van der Waals surface area contributed by atoms with Gasteiger partial charge in [0.15, 0.2) is 0 Å². The van der Waals surface area contributed by atoms with Crippen LogP contribution in [0.2, 0.25) is 0 Å². The van der Waals surface area contributed by atoms with Gasteiger partial charge in [0.25, 0.3) is 0 Å². The number of nitrogens with zero attached hydrogens (tertiary/aromatic N) is 1. The first-order valence-electron chi connectivity index (χ1n) is 13.6. The number of anilines is 2. The monoisotopic (exact) mass is 545 g/mol. The number of amides is 1. The fourth-order valence-corrected chi connectivity index (χ4v) is 5.26. The number of hydrogen-bond acceptors (Lipinski definition) is 6. The average Bonchev–Trinajstić information content (AvgIpc) is 3.20. The van der Waals surface area contributed by atoms with Gasteiger partial charge in [0.05, 0.1) is 30.1 Å². The predicted octanol–water partition coefficient (Wildman–Crippen LogP) is 6.82. The van der Waals surface area contributed by atoms with E-state index >= 15 is 0 Å². The van der Waals surface area contributed by atoms with Crippen LogP contribution >= 0.6 is 0 Å². The van der Waals surface area contributed by atoms with Gasteiger partial charge in [-0.05, 0) is 68.1 Å². The number of nitrogens with two attached hydrogens (primary N) is 1. The Balaban J connectivity index is 1.22. The molecule has 6 rings (SSSR count). The molecule has 3 N–H and O–H groups in total. The largest absolute Gasteiger partial charge is 0.486 e. The summed E-state index contributed by atoms with van der Waals surface area (Å²) in [6, 6.07) is 19.8. The normalized spacial score (nSPS) is 16.9. The molecule has 4 aromatic rings. The number of nitrogen functional groups attached to an aromatic ring is 1. The minimum atomic E-state index is -0.589. The molecule has 1 aliphatic heterocycles. The molecule has 8 nitrogen and oxygen atoms in total. The lowest BCUT2D eigenvalue weighted by molar-refractivity contribution is -0.143. The standard InChI is InChI=1S/C31H32FN3O5/c1-19(20-5-9-22(32)10-6-20)39-31(36)34-23-11-7-21(8-12-23)30-29(33)27-14-13-25(40-26-16-37-18-38-17-26)15-28(27)35(30)24-3-2-4-24/h5-15,19,24,26H,2-4,16-18,33H2,1H3,(H,34,36)/t19-/m1/s1. The van der Waals surface area contributed by atoms with Crippen molar-refractivity contribution < 1.29 is 28.1 Å². The van der Waals surface area contributed by atoms with Crippen molar-refractivity contribution in [3.8, 4) is 17.0 Å². The Kier molecular flexibility index (Phi) is 7.32. The van der Waals surface area contributed by atoms with Crippen molar-refractivity contribution >= 4 is 28.4 Å². The summed E-state index contributed by atoms with van der Waals surface area (Å²) in [4.78, 5) is 12.5. The summed E-state index contributed by atoms with van der Waals surface area (Å²) in [6.07, 6.45) is 2.09. The van der Waals surface area contributed by atoms with Crippen LogP contribution in [0.3, 0.4) is 0 Å². The van der Waals surface area contributed by atoms with Crippen molar-refractivity contribution in [1.29, 1.82) is 0 Å². The van der Waals surface area contributed by atoms with E-state index in [1.165, 1.54) is 18.6 Å². The molecule has 0 bridgehead atoms. The van der Waals surface area contributed by atoms with E-state index in [4.69, 9.17) is 24.7 Å². The SMILES string of the molecule is C[C@@H](OC(=O)Nc1ccc(-c2c(N)c3ccc(OC4COCOC4)cc3n2C2CCC2)cc1)c1ccc(F)cc1. The second-order valence-corrected chi connectivity index (χ2v) is 10.3. The molecular formula is C31H32FN3O5. The summed E-state index contributed by atoms with van der Waals surface area (Å²) in [5.74, 6) is 0.417. The van der Waals surface area contributed by atoms with Crippen LogP contribution in [0, 0.1) is 5.82 Å². The molecule has 9 heteroatoms. The van der Waals surface area contributed by atoms with Crippen molar-refractivity contribution in [2.75, 3.05) is 31.1 Å². The van der Waals surface area contributed by atoms with Crippen molar-refractivity contribution in [2.45, 2.75) is 44.4 Å². The van der Waals surface area contributed by atoms with E-state index in [0.29, 0.717) is 43.0 Å². The molecule has 208 valence electrons. The average molecular weight is 546 g/mol. The Morgan fingerprint density at radius 1 is 1.05 bits per heavy atom. The maximum absolute atomic E-state index is 13.2. The zero-order chi connectivity index (χ0) is 27.6. The second-order valence-electron chi connectivity index (χ2n) is 10.3. The number of fused-ring (bicyclic) bond motifs is 1. The van der Waals surface area contributed by atoms with Crippen LogP contribution in [-0.2, 0) is 14.2 Å². The molecule has 1 aromatic heterocycles. The Hall–Kier alpha value is -4.08. The quantitative estimate of drug-likeness (QED) is 0.265. The molecule has 1 saturated carbocycles. The highest BCUT2D eigenvalue weighted by atomic mass is 19.1.